The van der Waals surface area contributed by atoms with E-state index in [0.29, 0.717) is 17.0 Å². The highest BCUT2D eigenvalue weighted by atomic mass is 35.5. The van der Waals surface area contributed by atoms with Crippen LogP contribution < -0.4 is 9.47 Å². The maximum Gasteiger partial charge on any atom is 0.417 e. The molecule has 0 aliphatic heterocycles. The zero-order chi connectivity index (χ0) is 22.6. The Balaban J connectivity index is 1.74. The highest BCUT2D eigenvalue weighted by Gasteiger charge is 2.38. The van der Waals surface area contributed by atoms with Crippen LogP contribution in [0.4, 0.5) is 13.2 Å². The standard InChI is InChI=1S/C20H18ClF3N4O3/c1-19(2,10-30-16-8-3-13(9-26-16)20(22,23)24)17(29)18(28-12-25-11-27-28)31-15-6-4-14(21)5-7-15/h3-9,11-12,18H,10H2,1-2H3. The summed E-state index contributed by atoms with van der Waals surface area (Å²) in [6.45, 7) is 3.09. The molecule has 3 aromatic rings. The molecular formula is C20H18ClF3N4O3. The summed E-state index contributed by atoms with van der Waals surface area (Å²) in [6.07, 6.45) is -2.37. The van der Waals surface area contributed by atoms with Crippen molar-refractivity contribution >= 4 is 17.4 Å². The van der Waals surface area contributed by atoms with Gasteiger partial charge in [-0.05, 0) is 44.2 Å². The first-order chi connectivity index (χ1) is 14.6. The van der Waals surface area contributed by atoms with Crippen LogP contribution in [0.15, 0.2) is 55.2 Å². The monoisotopic (exact) mass is 454 g/mol. The van der Waals surface area contributed by atoms with E-state index in [1.54, 1.807) is 38.1 Å². The van der Waals surface area contributed by atoms with Gasteiger partial charge < -0.3 is 9.47 Å². The molecule has 0 fully saturated rings. The van der Waals surface area contributed by atoms with Gasteiger partial charge in [-0.15, -0.1) is 0 Å². The van der Waals surface area contributed by atoms with Crippen molar-refractivity contribution in [3.8, 4) is 11.6 Å². The number of ketones is 1. The Kier molecular flexibility index (Phi) is 6.49. The molecule has 3 rings (SSSR count). The molecule has 31 heavy (non-hydrogen) atoms. The van der Waals surface area contributed by atoms with E-state index in [2.05, 4.69) is 15.1 Å². The second-order valence-corrected chi connectivity index (χ2v) is 7.66. The lowest BCUT2D eigenvalue weighted by Crippen LogP contribution is -2.40. The second-order valence-electron chi connectivity index (χ2n) is 7.22. The normalized spacial score (nSPS) is 13.0. The zero-order valence-electron chi connectivity index (χ0n) is 16.5. The lowest BCUT2D eigenvalue weighted by atomic mass is 9.88. The van der Waals surface area contributed by atoms with E-state index in [1.807, 2.05) is 0 Å². The number of alkyl halides is 3. The number of ether oxygens (including phenoxy) is 2. The third-order valence-corrected chi connectivity index (χ3v) is 4.53. The quantitative estimate of drug-likeness (QED) is 0.495. The van der Waals surface area contributed by atoms with Crippen LogP contribution in [0.25, 0.3) is 0 Å². The number of aromatic nitrogens is 4. The lowest BCUT2D eigenvalue weighted by molar-refractivity contribution is -0.140. The molecule has 0 saturated carbocycles. The SMILES string of the molecule is CC(C)(COc1ccc(C(F)(F)F)cn1)C(=O)C(Oc1ccc(Cl)cc1)n1cncn1. The van der Waals surface area contributed by atoms with E-state index < -0.39 is 23.4 Å². The predicted molar refractivity (Wildman–Crippen MR) is 105 cm³/mol. The Morgan fingerprint density at radius 3 is 2.42 bits per heavy atom. The maximum atomic E-state index is 13.3. The minimum absolute atomic E-state index is 0.0372. The number of nitrogens with zero attached hydrogens (tertiary/aromatic N) is 4. The largest absolute Gasteiger partial charge is 0.477 e. The Bertz CT molecular complexity index is 1010. The molecule has 0 bridgehead atoms. The summed E-state index contributed by atoms with van der Waals surface area (Å²) in [7, 11) is 0. The molecule has 11 heteroatoms. The van der Waals surface area contributed by atoms with Gasteiger partial charge in [-0.3, -0.25) is 4.79 Å². The van der Waals surface area contributed by atoms with Gasteiger partial charge in [0.2, 0.25) is 11.7 Å². The van der Waals surface area contributed by atoms with Crippen molar-refractivity contribution in [2.24, 2.45) is 5.41 Å². The third-order valence-electron chi connectivity index (χ3n) is 4.27. The Morgan fingerprint density at radius 1 is 1.16 bits per heavy atom. The number of hydrogen-bond donors (Lipinski definition) is 0. The van der Waals surface area contributed by atoms with Crippen LogP contribution in [0, 0.1) is 5.41 Å². The minimum Gasteiger partial charge on any atom is -0.477 e. The van der Waals surface area contributed by atoms with Crippen molar-refractivity contribution in [2.75, 3.05) is 6.61 Å². The van der Waals surface area contributed by atoms with Gasteiger partial charge in [0, 0.05) is 17.3 Å². The zero-order valence-corrected chi connectivity index (χ0v) is 17.3. The van der Waals surface area contributed by atoms with E-state index in [-0.39, 0.29) is 18.3 Å². The van der Waals surface area contributed by atoms with Crippen LogP contribution in [0.3, 0.4) is 0 Å². The predicted octanol–water partition coefficient (Wildman–Crippen LogP) is 4.60. The molecule has 0 aliphatic rings. The summed E-state index contributed by atoms with van der Waals surface area (Å²) >= 11 is 5.88. The Morgan fingerprint density at radius 2 is 1.87 bits per heavy atom. The van der Waals surface area contributed by atoms with Gasteiger partial charge in [0.05, 0.1) is 11.0 Å². The van der Waals surface area contributed by atoms with E-state index in [1.165, 1.54) is 17.3 Å². The number of carbonyl (C=O) groups excluding carboxylic acids is 1. The number of halogens is 4. The fourth-order valence-corrected chi connectivity index (χ4v) is 2.63. The molecule has 0 amide bonds. The van der Waals surface area contributed by atoms with Crippen molar-refractivity contribution < 1.29 is 27.4 Å². The lowest BCUT2D eigenvalue weighted by Gasteiger charge is -2.28. The molecule has 164 valence electrons. The summed E-state index contributed by atoms with van der Waals surface area (Å²) in [5.74, 6) is -0.0379. The topological polar surface area (TPSA) is 79.1 Å². The number of rotatable bonds is 8. The van der Waals surface area contributed by atoms with Crippen LogP contribution >= 0.6 is 11.6 Å². The van der Waals surface area contributed by atoms with Gasteiger partial charge in [-0.1, -0.05) is 11.6 Å². The molecule has 1 aromatic carbocycles. The smallest absolute Gasteiger partial charge is 0.417 e. The number of carbonyl (C=O) groups is 1. The molecule has 0 saturated heterocycles. The number of benzene rings is 1. The summed E-state index contributed by atoms with van der Waals surface area (Å²) in [4.78, 5) is 20.8. The van der Waals surface area contributed by atoms with Crippen LogP contribution in [0.5, 0.6) is 11.6 Å². The number of hydrogen-bond acceptors (Lipinski definition) is 6. The van der Waals surface area contributed by atoms with Crippen molar-refractivity contribution in [3.05, 3.63) is 65.8 Å². The van der Waals surface area contributed by atoms with Crippen molar-refractivity contribution in [2.45, 2.75) is 26.3 Å². The Labute approximate surface area is 180 Å². The summed E-state index contributed by atoms with van der Waals surface area (Å²) in [6, 6.07) is 8.40. The van der Waals surface area contributed by atoms with Crippen LogP contribution in [-0.4, -0.2) is 32.1 Å². The summed E-state index contributed by atoms with van der Waals surface area (Å²) < 4.78 is 50.6. The fourth-order valence-electron chi connectivity index (χ4n) is 2.50. The van der Waals surface area contributed by atoms with Gasteiger partial charge in [0.1, 0.15) is 25.0 Å². The summed E-state index contributed by atoms with van der Waals surface area (Å²) in [5, 5.41) is 4.50. The number of Topliss-reactive ketones (excluding diaryl/α,β-unsaturated/α-hetero) is 1. The van der Waals surface area contributed by atoms with Crippen LogP contribution in [0.1, 0.15) is 25.6 Å². The molecule has 2 aromatic heterocycles. The molecular weight excluding hydrogens is 437 g/mol. The minimum atomic E-state index is -4.50. The maximum absolute atomic E-state index is 13.3. The molecule has 0 N–H and O–H groups in total. The van der Waals surface area contributed by atoms with E-state index in [9.17, 15) is 18.0 Å². The van der Waals surface area contributed by atoms with E-state index >= 15 is 0 Å². The molecule has 0 radical (unpaired) electrons. The van der Waals surface area contributed by atoms with Crippen LogP contribution in [-0.2, 0) is 11.0 Å². The molecule has 0 spiro atoms. The van der Waals surface area contributed by atoms with Crippen molar-refractivity contribution in [1.82, 2.24) is 19.7 Å². The highest BCUT2D eigenvalue weighted by molar-refractivity contribution is 6.30. The van der Waals surface area contributed by atoms with Gasteiger partial charge >= 0.3 is 6.18 Å². The summed E-state index contributed by atoms with van der Waals surface area (Å²) in [5.41, 5.74) is -1.99. The molecule has 2 heterocycles. The Hall–Kier alpha value is -3.14. The molecule has 7 nitrogen and oxygen atoms in total. The third kappa shape index (κ3) is 5.72. The first-order valence-electron chi connectivity index (χ1n) is 9.03. The highest BCUT2D eigenvalue weighted by Crippen LogP contribution is 2.31. The first kappa shape index (κ1) is 22.5. The second kappa shape index (κ2) is 8.93. The van der Waals surface area contributed by atoms with Gasteiger partial charge in [0.25, 0.3) is 6.23 Å². The van der Waals surface area contributed by atoms with Gasteiger partial charge in [0.15, 0.2) is 0 Å². The van der Waals surface area contributed by atoms with E-state index in [0.717, 1.165) is 12.1 Å². The average Bonchev–Trinajstić information content (AvgIpc) is 3.25. The molecule has 1 unspecified atom stereocenters. The first-order valence-corrected chi connectivity index (χ1v) is 9.41. The van der Waals surface area contributed by atoms with E-state index in [4.69, 9.17) is 21.1 Å². The molecule has 0 aliphatic carbocycles. The van der Waals surface area contributed by atoms with Crippen molar-refractivity contribution in [3.63, 3.8) is 0 Å². The fraction of sp³-hybridized carbons (Fsp3) is 0.300. The van der Waals surface area contributed by atoms with Gasteiger partial charge in [-0.25, -0.2) is 14.6 Å². The average molecular weight is 455 g/mol. The number of pyridine rings is 1. The van der Waals surface area contributed by atoms with Gasteiger partial charge in [-0.2, -0.15) is 18.3 Å². The molecule has 1 atom stereocenters. The van der Waals surface area contributed by atoms with Crippen molar-refractivity contribution in [1.29, 1.82) is 0 Å². The van der Waals surface area contributed by atoms with Crippen LogP contribution in [0.2, 0.25) is 5.02 Å².